The first-order valence-corrected chi connectivity index (χ1v) is 9.87. The number of carbonyl (C=O) groups excluding carboxylic acids is 1. The third-order valence-electron chi connectivity index (χ3n) is 5.01. The molecule has 1 aromatic heterocycles. The van der Waals surface area contributed by atoms with Gasteiger partial charge < -0.3 is 9.47 Å². The summed E-state index contributed by atoms with van der Waals surface area (Å²) in [6.45, 7) is 4.37. The van der Waals surface area contributed by atoms with Gasteiger partial charge in [-0.25, -0.2) is 4.98 Å². The lowest BCUT2D eigenvalue weighted by Crippen LogP contribution is -2.48. The number of piperazine rings is 1. The van der Waals surface area contributed by atoms with E-state index in [-0.39, 0.29) is 5.78 Å². The highest BCUT2D eigenvalue weighted by molar-refractivity contribution is 6.30. The first-order valence-electron chi connectivity index (χ1n) is 9.49. The highest BCUT2D eigenvalue weighted by Crippen LogP contribution is 2.21. The molecule has 3 aromatic rings. The second kappa shape index (κ2) is 8.59. The van der Waals surface area contributed by atoms with Gasteiger partial charge in [0, 0.05) is 48.6 Å². The van der Waals surface area contributed by atoms with Crippen LogP contribution in [0.25, 0.3) is 11.3 Å². The van der Waals surface area contributed by atoms with Crippen LogP contribution in [0.2, 0.25) is 5.02 Å². The zero-order valence-electron chi connectivity index (χ0n) is 15.7. The van der Waals surface area contributed by atoms with Gasteiger partial charge in [0.15, 0.2) is 5.78 Å². The van der Waals surface area contributed by atoms with E-state index in [1.165, 1.54) is 0 Å². The van der Waals surface area contributed by atoms with Crippen LogP contribution in [0, 0.1) is 0 Å². The van der Waals surface area contributed by atoms with Gasteiger partial charge in [0.1, 0.15) is 0 Å². The van der Waals surface area contributed by atoms with Crippen molar-refractivity contribution >= 4 is 23.1 Å². The molecule has 1 fully saturated rings. The molecule has 2 heterocycles. The summed E-state index contributed by atoms with van der Waals surface area (Å²) < 4.78 is 1.87. The summed E-state index contributed by atoms with van der Waals surface area (Å²) in [6.07, 6.45) is 3.67. The van der Waals surface area contributed by atoms with Crippen LogP contribution in [0.15, 0.2) is 67.1 Å². The van der Waals surface area contributed by atoms with Gasteiger partial charge in [-0.15, -0.1) is 0 Å². The number of Topliss-reactive ketones (excluding diaryl/α,β-unsaturated/α-hetero) is 1. The summed E-state index contributed by atoms with van der Waals surface area (Å²) in [5.41, 5.74) is 3.10. The third kappa shape index (κ3) is 4.61. The molecule has 0 saturated carbocycles. The second-order valence-corrected chi connectivity index (χ2v) is 7.52. The van der Waals surface area contributed by atoms with Crippen molar-refractivity contribution in [1.82, 2.24) is 14.5 Å². The largest absolute Gasteiger partial charge is 0.369 e. The van der Waals surface area contributed by atoms with E-state index in [2.05, 4.69) is 20.9 Å². The molecule has 1 saturated heterocycles. The van der Waals surface area contributed by atoms with Crippen LogP contribution in [-0.2, 0) is 11.3 Å². The third-order valence-corrected chi connectivity index (χ3v) is 5.24. The summed E-state index contributed by atoms with van der Waals surface area (Å²) in [5, 5.41) is 0.755. The van der Waals surface area contributed by atoms with E-state index in [4.69, 9.17) is 11.6 Å². The van der Waals surface area contributed by atoms with Crippen molar-refractivity contribution in [3.05, 3.63) is 72.1 Å². The molecule has 0 N–H and O–H groups in total. The summed E-state index contributed by atoms with van der Waals surface area (Å²) in [4.78, 5) is 21.5. The highest BCUT2D eigenvalue weighted by Gasteiger charge is 2.19. The van der Waals surface area contributed by atoms with E-state index in [1.807, 2.05) is 59.3 Å². The van der Waals surface area contributed by atoms with Crippen molar-refractivity contribution in [2.75, 3.05) is 37.6 Å². The lowest BCUT2D eigenvalue weighted by Gasteiger charge is -2.35. The maximum atomic E-state index is 12.5. The number of nitrogens with zero attached hydrogens (tertiary/aromatic N) is 4. The molecule has 1 aliphatic heterocycles. The van der Waals surface area contributed by atoms with Gasteiger partial charge in [-0.3, -0.25) is 9.69 Å². The maximum absolute atomic E-state index is 12.5. The predicted molar refractivity (Wildman–Crippen MR) is 113 cm³/mol. The number of hydrogen-bond donors (Lipinski definition) is 0. The van der Waals surface area contributed by atoms with Crippen molar-refractivity contribution in [2.24, 2.45) is 0 Å². The zero-order chi connectivity index (χ0) is 19.3. The number of aromatic nitrogens is 2. The van der Waals surface area contributed by atoms with E-state index in [0.29, 0.717) is 13.1 Å². The quantitative estimate of drug-likeness (QED) is 0.640. The maximum Gasteiger partial charge on any atom is 0.166 e. The van der Waals surface area contributed by atoms with Crippen molar-refractivity contribution in [2.45, 2.75) is 6.54 Å². The molecule has 5 nitrogen and oxygen atoms in total. The van der Waals surface area contributed by atoms with Crippen LogP contribution < -0.4 is 4.90 Å². The van der Waals surface area contributed by atoms with Gasteiger partial charge in [0.25, 0.3) is 0 Å². The molecule has 0 bridgehead atoms. The standard InChI is InChI=1S/C22H23ClN4O/c23-19-7-4-8-20(13-19)27-11-9-25(10-12-27)14-21(28)15-26-16-22(24-17-26)18-5-2-1-3-6-18/h1-8,13,16-17H,9-12,14-15H2. The van der Waals surface area contributed by atoms with Crippen LogP contribution in [-0.4, -0.2) is 53.0 Å². The summed E-state index contributed by atoms with van der Waals surface area (Å²) in [7, 11) is 0. The fourth-order valence-electron chi connectivity index (χ4n) is 3.54. The lowest BCUT2D eigenvalue weighted by atomic mass is 10.2. The lowest BCUT2D eigenvalue weighted by molar-refractivity contribution is -0.120. The number of rotatable bonds is 6. The van der Waals surface area contributed by atoms with Crippen LogP contribution in [0.4, 0.5) is 5.69 Å². The van der Waals surface area contributed by atoms with Crippen molar-refractivity contribution in [3.63, 3.8) is 0 Å². The molecule has 0 atom stereocenters. The number of hydrogen-bond acceptors (Lipinski definition) is 4. The van der Waals surface area contributed by atoms with E-state index >= 15 is 0 Å². The highest BCUT2D eigenvalue weighted by atomic mass is 35.5. The minimum Gasteiger partial charge on any atom is -0.369 e. The van der Waals surface area contributed by atoms with E-state index in [0.717, 1.165) is 48.1 Å². The summed E-state index contributed by atoms with van der Waals surface area (Å²) in [5.74, 6) is 0.202. The molecule has 0 unspecified atom stereocenters. The first kappa shape index (κ1) is 18.7. The zero-order valence-corrected chi connectivity index (χ0v) is 16.4. The molecular formula is C22H23ClN4O. The minimum atomic E-state index is 0.202. The minimum absolute atomic E-state index is 0.202. The Balaban J connectivity index is 1.28. The number of anilines is 1. The van der Waals surface area contributed by atoms with Gasteiger partial charge in [-0.2, -0.15) is 0 Å². The molecule has 0 amide bonds. The average molecular weight is 395 g/mol. The van der Waals surface area contributed by atoms with E-state index in [1.54, 1.807) is 6.33 Å². The molecular weight excluding hydrogens is 372 g/mol. The van der Waals surface area contributed by atoms with Gasteiger partial charge in [0.05, 0.1) is 25.1 Å². The van der Waals surface area contributed by atoms with Crippen LogP contribution in [0.1, 0.15) is 0 Å². The SMILES string of the molecule is O=C(CN1CCN(c2cccc(Cl)c2)CC1)Cn1cnc(-c2ccccc2)c1. The Hall–Kier alpha value is -2.63. The Kier molecular flexibility index (Phi) is 5.74. The molecule has 6 heteroatoms. The van der Waals surface area contributed by atoms with Crippen molar-refractivity contribution in [1.29, 1.82) is 0 Å². The van der Waals surface area contributed by atoms with Gasteiger partial charge in [0.2, 0.25) is 0 Å². The number of benzene rings is 2. The Bertz CT molecular complexity index is 932. The van der Waals surface area contributed by atoms with Crippen LogP contribution in [0.3, 0.4) is 0 Å². The van der Waals surface area contributed by atoms with Crippen LogP contribution in [0.5, 0.6) is 0 Å². The molecule has 144 valence electrons. The molecule has 0 spiro atoms. The molecule has 1 aliphatic rings. The van der Waals surface area contributed by atoms with E-state index in [9.17, 15) is 4.79 Å². The van der Waals surface area contributed by atoms with Gasteiger partial charge in [-0.05, 0) is 18.2 Å². The average Bonchev–Trinajstić information content (AvgIpc) is 3.17. The van der Waals surface area contributed by atoms with Crippen molar-refractivity contribution < 1.29 is 4.79 Å². The first-order chi connectivity index (χ1) is 13.7. The smallest absolute Gasteiger partial charge is 0.166 e. The molecule has 28 heavy (non-hydrogen) atoms. The Morgan fingerprint density at radius 1 is 0.964 bits per heavy atom. The summed E-state index contributed by atoms with van der Waals surface area (Å²) >= 11 is 6.09. The Labute approximate surface area is 170 Å². The monoisotopic (exact) mass is 394 g/mol. The Morgan fingerprint density at radius 3 is 2.50 bits per heavy atom. The van der Waals surface area contributed by atoms with Gasteiger partial charge >= 0.3 is 0 Å². The second-order valence-electron chi connectivity index (χ2n) is 7.08. The summed E-state index contributed by atoms with van der Waals surface area (Å²) in [6, 6.07) is 17.9. The molecule has 0 aliphatic carbocycles. The molecule has 2 aromatic carbocycles. The van der Waals surface area contributed by atoms with Crippen molar-refractivity contribution in [3.8, 4) is 11.3 Å². The van der Waals surface area contributed by atoms with Gasteiger partial charge in [-0.1, -0.05) is 48.0 Å². The predicted octanol–water partition coefficient (Wildman–Crippen LogP) is 3.59. The number of ketones is 1. The number of imidazole rings is 1. The molecule has 0 radical (unpaired) electrons. The topological polar surface area (TPSA) is 41.4 Å². The normalized spacial score (nSPS) is 15.0. The fraction of sp³-hybridized carbons (Fsp3) is 0.273. The fourth-order valence-corrected chi connectivity index (χ4v) is 3.73. The van der Waals surface area contributed by atoms with Crippen LogP contribution >= 0.6 is 11.6 Å². The number of halogens is 1. The Morgan fingerprint density at radius 2 is 1.75 bits per heavy atom. The molecule has 4 rings (SSSR count). The van der Waals surface area contributed by atoms with E-state index < -0.39 is 0 Å². The number of carbonyl (C=O) groups is 1.